The molecule has 2 aromatic rings. The van der Waals surface area contributed by atoms with Crippen LogP contribution in [-0.2, 0) is 0 Å². The molecule has 0 bridgehead atoms. The Morgan fingerprint density at radius 3 is 2.21 bits per heavy atom. The molecular weight excluding hydrogens is 180 g/mol. The van der Waals surface area contributed by atoms with E-state index in [0.29, 0.717) is 11.4 Å². The molecule has 5 heteroatoms. The van der Waals surface area contributed by atoms with E-state index in [9.17, 15) is 4.79 Å². The second-order valence-corrected chi connectivity index (χ2v) is 2.61. The van der Waals surface area contributed by atoms with E-state index in [0.717, 1.165) is 11.8 Å². The molecule has 68 valence electrons. The highest BCUT2D eigenvalue weighted by molar-refractivity contribution is 5.76. The minimum absolute atomic E-state index is 0.449. The Bertz CT molecular complexity index is 426. The number of aromatic nitrogens is 4. The van der Waals surface area contributed by atoms with E-state index in [1.165, 1.54) is 6.33 Å². The fourth-order valence-electron chi connectivity index (χ4n) is 1.03. The first kappa shape index (κ1) is 8.43. The molecule has 0 atom stereocenters. The summed E-state index contributed by atoms with van der Waals surface area (Å²) in [5, 5.41) is 14.8. The molecule has 0 aliphatic heterocycles. The minimum atomic E-state index is 0.449. The van der Waals surface area contributed by atoms with Gasteiger partial charge in [0.1, 0.15) is 6.29 Å². The van der Waals surface area contributed by atoms with Gasteiger partial charge in [0.25, 0.3) is 0 Å². The highest BCUT2D eigenvalue weighted by Crippen LogP contribution is 2.12. The normalized spacial score (nSPS) is 9.71. The summed E-state index contributed by atoms with van der Waals surface area (Å²) in [5.74, 6) is 0.449. The van der Waals surface area contributed by atoms with Gasteiger partial charge in [-0.3, -0.25) is 4.79 Å². The Labute approximate surface area is 79.8 Å². The molecule has 0 aliphatic carbocycles. The number of benzene rings is 1. The summed E-state index contributed by atoms with van der Waals surface area (Å²) in [4.78, 5) is 10.4. The average Bonchev–Trinajstić information content (AvgIpc) is 2.30. The fraction of sp³-hybridized carbons (Fsp3) is 0. The van der Waals surface area contributed by atoms with Crippen molar-refractivity contribution in [2.75, 3.05) is 0 Å². The standard InChI is InChI=1S/C9H6N4O/c14-5-7-1-3-8(4-2-7)9-12-10-6-11-13-9/h1-6H. The van der Waals surface area contributed by atoms with Crippen LogP contribution in [0.4, 0.5) is 0 Å². The predicted octanol–water partition coefficient (Wildman–Crippen LogP) is 0.746. The molecule has 0 unspecified atom stereocenters. The van der Waals surface area contributed by atoms with Crippen LogP contribution in [0.2, 0.25) is 0 Å². The Morgan fingerprint density at radius 1 is 1.00 bits per heavy atom. The predicted molar refractivity (Wildman–Crippen MR) is 48.4 cm³/mol. The summed E-state index contributed by atoms with van der Waals surface area (Å²) in [6.07, 6.45) is 2.05. The first-order chi connectivity index (χ1) is 6.90. The molecule has 5 nitrogen and oxygen atoms in total. The lowest BCUT2D eigenvalue weighted by Crippen LogP contribution is -1.93. The summed E-state index contributed by atoms with van der Waals surface area (Å²) in [6.45, 7) is 0. The van der Waals surface area contributed by atoms with Gasteiger partial charge in [-0.05, 0) is 0 Å². The third kappa shape index (κ3) is 1.61. The Hall–Kier alpha value is -2.17. The summed E-state index contributed by atoms with van der Waals surface area (Å²) < 4.78 is 0. The van der Waals surface area contributed by atoms with E-state index in [2.05, 4.69) is 20.4 Å². The van der Waals surface area contributed by atoms with E-state index in [1.54, 1.807) is 24.3 Å². The van der Waals surface area contributed by atoms with Crippen LogP contribution < -0.4 is 0 Å². The van der Waals surface area contributed by atoms with E-state index < -0.39 is 0 Å². The van der Waals surface area contributed by atoms with Crippen LogP contribution in [0, 0.1) is 0 Å². The highest BCUT2D eigenvalue weighted by atomic mass is 16.1. The molecule has 1 aromatic heterocycles. The Balaban J connectivity index is 2.39. The van der Waals surface area contributed by atoms with Gasteiger partial charge in [0.2, 0.25) is 5.82 Å². The highest BCUT2D eigenvalue weighted by Gasteiger charge is 2.00. The number of rotatable bonds is 2. The van der Waals surface area contributed by atoms with Gasteiger partial charge in [-0.1, -0.05) is 24.3 Å². The number of nitrogens with zero attached hydrogens (tertiary/aromatic N) is 4. The molecule has 2 rings (SSSR count). The molecule has 0 saturated heterocycles. The molecule has 14 heavy (non-hydrogen) atoms. The maximum atomic E-state index is 10.4. The summed E-state index contributed by atoms with van der Waals surface area (Å²) in [6, 6.07) is 6.89. The van der Waals surface area contributed by atoms with Crippen molar-refractivity contribution in [3.8, 4) is 11.4 Å². The fourth-order valence-corrected chi connectivity index (χ4v) is 1.03. The van der Waals surface area contributed by atoms with Crippen LogP contribution in [-0.4, -0.2) is 26.7 Å². The van der Waals surface area contributed by atoms with Gasteiger partial charge in [0.05, 0.1) is 0 Å². The van der Waals surface area contributed by atoms with Crippen LogP contribution in [0.5, 0.6) is 0 Å². The third-order valence-corrected chi connectivity index (χ3v) is 1.71. The molecule has 0 saturated carbocycles. The summed E-state index contributed by atoms with van der Waals surface area (Å²) in [7, 11) is 0. The lowest BCUT2D eigenvalue weighted by atomic mass is 10.1. The van der Waals surface area contributed by atoms with Crippen LogP contribution in [0.25, 0.3) is 11.4 Å². The van der Waals surface area contributed by atoms with E-state index in [4.69, 9.17) is 0 Å². The van der Waals surface area contributed by atoms with Gasteiger partial charge >= 0.3 is 0 Å². The Kier molecular flexibility index (Phi) is 2.22. The van der Waals surface area contributed by atoms with Crippen molar-refractivity contribution < 1.29 is 4.79 Å². The van der Waals surface area contributed by atoms with Crippen molar-refractivity contribution in [1.29, 1.82) is 0 Å². The average molecular weight is 186 g/mol. The number of carbonyl (C=O) groups excluding carboxylic acids is 1. The third-order valence-electron chi connectivity index (χ3n) is 1.71. The molecule has 0 aliphatic rings. The van der Waals surface area contributed by atoms with Gasteiger partial charge in [-0.25, -0.2) is 0 Å². The van der Waals surface area contributed by atoms with E-state index in [1.807, 2.05) is 0 Å². The number of hydrogen-bond acceptors (Lipinski definition) is 5. The van der Waals surface area contributed by atoms with Crippen LogP contribution in [0.3, 0.4) is 0 Å². The van der Waals surface area contributed by atoms with Crippen molar-refractivity contribution >= 4 is 6.29 Å². The zero-order chi connectivity index (χ0) is 9.80. The molecular formula is C9H6N4O. The van der Waals surface area contributed by atoms with E-state index in [-0.39, 0.29) is 0 Å². The molecule has 0 fully saturated rings. The summed E-state index contributed by atoms with van der Waals surface area (Å²) in [5.41, 5.74) is 1.40. The monoisotopic (exact) mass is 186 g/mol. The van der Waals surface area contributed by atoms with Gasteiger partial charge < -0.3 is 0 Å². The molecule has 0 radical (unpaired) electrons. The lowest BCUT2D eigenvalue weighted by molar-refractivity contribution is 0.112. The summed E-state index contributed by atoms with van der Waals surface area (Å²) >= 11 is 0. The van der Waals surface area contributed by atoms with Crippen molar-refractivity contribution in [2.24, 2.45) is 0 Å². The topological polar surface area (TPSA) is 68.6 Å². The molecule has 0 amide bonds. The largest absolute Gasteiger partial charge is 0.298 e. The van der Waals surface area contributed by atoms with Gasteiger partial charge in [0, 0.05) is 11.1 Å². The van der Waals surface area contributed by atoms with Gasteiger partial charge in [-0.2, -0.15) is 0 Å². The smallest absolute Gasteiger partial charge is 0.203 e. The van der Waals surface area contributed by atoms with Crippen molar-refractivity contribution in [1.82, 2.24) is 20.4 Å². The van der Waals surface area contributed by atoms with Crippen molar-refractivity contribution in [2.45, 2.75) is 0 Å². The number of carbonyl (C=O) groups is 1. The number of aldehydes is 1. The van der Waals surface area contributed by atoms with Crippen molar-refractivity contribution in [3.05, 3.63) is 36.2 Å². The zero-order valence-corrected chi connectivity index (χ0v) is 7.16. The maximum Gasteiger partial charge on any atom is 0.203 e. The van der Waals surface area contributed by atoms with Crippen LogP contribution >= 0.6 is 0 Å². The molecule has 1 heterocycles. The molecule has 0 spiro atoms. The zero-order valence-electron chi connectivity index (χ0n) is 7.16. The maximum absolute atomic E-state index is 10.4. The quantitative estimate of drug-likeness (QED) is 0.647. The second kappa shape index (κ2) is 3.69. The molecule has 1 aromatic carbocycles. The van der Waals surface area contributed by atoms with E-state index >= 15 is 0 Å². The van der Waals surface area contributed by atoms with Crippen molar-refractivity contribution in [3.63, 3.8) is 0 Å². The Morgan fingerprint density at radius 2 is 1.64 bits per heavy atom. The second-order valence-electron chi connectivity index (χ2n) is 2.61. The van der Waals surface area contributed by atoms with Crippen LogP contribution in [0.1, 0.15) is 10.4 Å². The number of hydrogen-bond donors (Lipinski definition) is 0. The molecule has 0 N–H and O–H groups in total. The first-order valence-electron chi connectivity index (χ1n) is 3.96. The minimum Gasteiger partial charge on any atom is -0.298 e. The first-order valence-corrected chi connectivity index (χ1v) is 3.96. The van der Waals surface area contributed by atoms with Crippen LogP contribution in [0.15, 0.2) is 30.6 Å². The van der Waals surface area contributed by atoms with Gasteiger partial charge in [0.15, 0.2) is 6.33 Å². The lowest BCUT2D eigenvalue weighted by Gasteiger charge is -1.96. The SMILES string of the molecule is O=Cc1ccc(-c2nncnn2)cc1. The van der Waals surface area contributed by atoms with Gasteiger partial charge in [-0.15, -0.1) is 20.4 Å².